The Kier molecular flexibility index (Phi) is 16.5. The molecule has 0 bridgehead atoms. The second kappa shape index (κ2) is 17.0. The summed E-state index contributed by atoms with van der Waals surface area (Å²) in [5, 5.41) is 6.72. The van der Waals surface area contributed by atoms with Crippen LogP contribution in [0.5, 0.6) is 0 Å². The lowest BCUT2D eigenvalue weighted by Gasteiger charge is -2.18. The molecule has 0 aromatic heterocycles. The van der Waals surface area contributed by atoms with Crippen LogP contribution >= 0.6 is 24.0 Å². The molecule has 0 atom stereocenters. The van der Waals surface area contributed by atoms with Crippen molar-refractivity contribution in [3.63, 3.8) is 0 Å². The van der Waals surface area contributed by atoms with Gasteiger partial charge in [-0.25, -0.2) is 4.99 Å². The monoisotopic (exact) mass is 506 g/mol. The van der Waals surface area contributed by atoms with Gasteiger partial charge >= 0.3 is 0 Å². The molecule has 0 aliphatic carbocycles. The first-order valence-electron chi connectivity index (χ1n) is 9.94. The molecule has 0 saturated heterocycles. The number of nitrogens with zero attached hydrogens (tertiary/aromatic N) is 2. The largest absolute Gasteiger partial charge is 0.385 e. The minimum atomic E-state index is 0. The average Bonchev–Trinajstić information content (AvgIpc) is 2.65. The van der Waals surface area contributed by atoms with Crippen molar-refractivity contribution >= 4 is 29.9 Å². The number of ether oxygens (including phenoxy) is 2. The molecule has 0 radical (unpaired) electrons. The number of methoxy groups -OCH3 is 1. The maximum atomic E-state index is 5.68. The van der Waals surface area contributed by atoms with Gasteiger partial charge in [-0.3, -0.25) is 0 Å². The van der Waals surface area contributed by atoms with Crippen LogP contribution < -0.4 is 10.6 Å². The van der Waals surface area contributed by atoms with E-state index in [9.17, 15) is 0 Å². The Morgan fingerprint density at radius 1 is 1.18 bits per heavy atom. The molecule has 7 heteroatoms. The van der Waals surface area contributed by atoms with E-state index in [0.717, 1.165) is 45.2 Å². The highest BCUT2D eigenvalue weighted by Crippen LogP contribution is 2.09. The van der Waals surface area contributed by atoms with Crippen LogP contribution in [-0.4, -0.2) is 63.9 Å². The third-order valence-corrected chi connectivity index (χ3v) is 4.01. The van der Waals surface area contributed by atoms with Crippen molar-refractivity contribution in [3.8, 4) is 0 Å². The Morgan fingerprint density at radius 2 is 1.93 bits per heavy atom. The zero-order valence-electron chi connectivity index (χ0n) is 18.2. The standard InChI is InChI=1S/C21H38N4O2.HI/c1-6-22-21(23-11-13-25(4)12-8-14-26-5)24-16-19-9-7-10-20(15-19)17-27-18(2)3;/h7,9-10,15,18H,6,8,11-14,16-17H2,1-5H3,(H2,22,23,24);1H. The van der Waals surface area contributed by atoms with Crippen molar-refractivity contribution in [3.05, 3.63) is 35.4 Å². The van der Waals surface area contributed by atoms with Gasteiger partial charge in [0.15, 0.2) is 5.96 Å². The molecule has 0 aliphatic heterocycles. The fourth-order valence-corrected chi connectivity index (χ4v) is 2.55. The van der Waals surface area contributed by atoms with Gasteiger partial charge in [0.05, 0.1) is 19.3 Å². The number of aliphatic imine (C=N–C) groups is 1. The Bertz CT molecular complexity index is 541. The molecule has 0 saturated carbocycles. The highest BCUT2D eigenvalue weighted by atomic mass is 127. The highest BCUT2D eigenvalue weighted by molar-refractivity contribution is 14.0. The van der Waals surface area contributed by atoms with Crippen LogP contribution in [0.25, 0.3) is 0 Å². The van der Waals surface area contributed by atoms with Gasteiger partial charge in [-0.1, -0.05) is 24.3 Å². The van der Waals surface area contributed by atoms with Crippen molar-refractivity contribution in [2.24, 2.45) is 4.99 Å². The Balaban J connectivity index is 0.00000729. The predicted molar refractivity (Wildman–Crippen MR) is 129 cm³/mol. The first kappa shape index (κ1) is 27.1. The van der Waals surface area contributed by atoms with Crippen molar-refractivity contribution in [1.29, 1.82) is 0 Å². The lowest BCUT2D eigenvalue weighted by atomic mass is 10.1. The molecule has 0 fully saturated rings. The molecule has 0 aliphatic rings. The van der Waals surface area contributed by atoms with E-state index in [-0.39, 0.29) is 30.1 Å². The zero-order chi connectivity index (χ0) is 19.9. The molecule has 0 unspecified atom stereocenters. The normalized spacial score (nSPS) is 11.6. The molecule has 1 aromatic carbocycles. The van der Waals surface area contributed by atoms with Gasteiger partial charge in [0.25, 0.3) is 0 Å². The minimum Gasteiger partial charge on any atom is -0.385 e. The molecule has 0 heterocycles. The van der Waals surface area contributed by atoms with E-state index in [1.54, 1.807) is 7.11 Å². The first-order valence-corrected chi connectivity index (χ1v) is 9.94. The van der Waals surface area contributed by atoms with Crippen LogP contribution in [-0.2, 0) is 22.6 Å². The number of likely N-dealkylation sites (N-methyl/N-ethyl adjacent to an activating group) is 1. The van der Waals surface area contributed by atoms with E-state index in [1.807, 2.05) is 0 Å². The highest BCUT2D eigenvalue weighted by Gasteiger charge is 2.02. The molecular formula is C21H39IN4O2. The van der Waals surface area contributed by atoms with Gasteiger partial charge in [-0.05, 0) is 45.4 Å². The minimum absolute atomic E-state index is 0. The second-order valence-corrected chi connectivity index (χ2v) is 6.95. The SMILES string of the molecule is CCNC(=NCc1cccc(COC(C)C)c1)NCCN(C)CCCOC.I. The van der Waals surface area contributed by atoms with Gasteiger partial charge in [0.1, 0.15) is 0 Å². The first-order chi connectivity index (χ1) is 13.0. The molecule has 28 heavy (non-hydrogen) atoms. The number of guanidine groups is 1. The number of benzene rings is 1. The molecule has 1 rings (SSSR count). The maximum Gasteiger partial charge on any atom is 0.191 e. The van der Waals surface area contributed by atoms with Gasteiger partial charge in [0.2, 0.25) is 0 Å². The molecule has 0 spiro atoms. The lowest BCUT2D eigenvalue weighted by molar-refractivity contribution is 0.0657. The topological polar surface area (TPSA) is 58.1 Å². The quantitative estimate of drug-likeness (QED) is 0.186. The molecule has 2 N–H and O–H groups in total. The van der Waals surface area contributed by atoms with Crippen LogP contribution in [0.2, 0.25) is 0 Å². The molecule has 0 amide bonds. The number of hydrogen-bond donors (Lipinski definition) is 2. The predicted octanol–water partition coefficient (Wildman–Crippen LogP) is 3.25. The third kappa shape index (κ3) is 13.3. The van der Waals surface area contributed by atoms with Gasteiger partial charge < -0.3 is 25.0 Å². The van der Waals surface area contributed by atoms with Crippen LogP contribution in [0.4, 0.5) is 0 Å². The Morgan fingerprint density at radius 3 is 2.61 bits per heavy atom. The molecule has 162 valence electrons. The Hall–Kier alpha value is -0.900. The van der Waals surface area contributed by atoms with Gasteiger partial charge in [0, 0.05) is 39.9 Å². The van der Waals surface area contributed by atoms with Crippen molar-refractivity contribution in [2.45, 2.75) is 46.4 Å². The van der Waals surface area contributed by atoms with Crippen LogP contribution in [0, 0.1) is 0 Å². The van der Waals surface area contributed by atoms with E-state index in [4.69, 9.17) is 14.5 Å². The van der Waals surface area contributed by atoms with E-state index >= 15 is 0 Å². The summed E-state index contributed by atoms with van der Waals surface area (Å²) in [6.07, 6.45) is 1.29. The van der Waals surface area contributed by atoms with E-state index < -0.39 is 0 Å². The number of rotatable bonds is 13. The van der Waals surface area contributed by atoms with Crippen molar-refractivity contribution in [1.82, 2.24) is 15.5 Å². The summed E-state index contributed by atoms with van der Waals surface area (Å²) in [5.41, 5.74) is 2.38. The smallest absolute Gasteiger partial charge is 0.191 e. The number of hydrogen-bond acceptors (Lipinski definition) is 4. The number of halogens is 1. The van der Waals surface area contributed by atoms with E-state index in [0.29, 0.717) is 13.2 Å². The second-order valence-electron chi connectivity index (χ2n) is 6.95. The van der Waals surface area contributed by atoms with E-state index in [1.165, 1.54) is 11.1 Å². The summed E-state index contributed by atoms with van der Waals surface area (Å²) in [6, 6.07) is 8.44. The fraction of sp³-hybridized carbons (Fsp3) is 0.667. The van der Waals surface area contributed by atoms with E-state index in [2.05, 4.69) is 67.6 Å². The summed E-state index contributed by atoms with van der Waals surface area (Å²) in [4.78, 5) is 7.01. The summed E-state index contributed by atoms with van der Waals surface area (Å²) in [6.45, 7) is 12.0. The average molecular weight is 506 g/mol. The molecule has 6 nitrogen and oxygen atoms in total. The van der Waals surface area contributed by atoms with Gasteiger partial charge in [-0.2, -0.15) is 0 Å². The molecular weight excluding hydrogens is 467 g/mol. The van der Waals surface area contributed by atoms with Gasteiger partial charge in [-0.15, -0.1) is 24.0 Å². The van der Waals surface area contributed by atoms with Crippen LogP contribution in [0.1, 0.15) is 38.3 Å². The fourth-order valence-electron chi connectivity index (χ4n) is 2.55. The third-order valence-electron chi connectivity index (χ3n) is 4.01. The van der Waals surface area contributed by atoms with Crippen molar-refractivity contribution < 1.29 is 9.47 Å². The summed E-state index contributed by atoms with van der Waals surface area (Å²) in [5.74, 6) is 0.853. The summed E-state index contributed by atoms with van der Waals surface area (Å²) >= 11 is 0. The summed E-state index contributed by atoms with van der Waals surface area (Å²) < 4.78 is 10.8. The summed E-state index contributed by atoms with van der Waals surface area (Å²) in [7, 11) is 3.87. The Labute approximate surface area is 188 Å². The van der Waals surface area contributed by atoms with Crippen LogP contribution in [0.15, 0.2) is 29.3 Å². The lowest BCUT2D eigenvalue weighted by Crippen LogP contribution is -2.41. The number of nitrogens with one attached hydrogen (secondary N) is 2. The van der Waals surface area contributed by atoms with Crippen LogP contribution in [0.3, 0.4) is 0 Å². The molecule has 1 aromatic rings. The maximum absolute atomic E-state index is 5.68. The zero-order valence-corrected chi connectivity index (χ0v) is 20.5. The van der Waals surface area contributed by atoms with Crippen molar-refractivity contribution in [2.75, 3.05) is 46.9 Å².